The van der Waals surface area contributed by atoms with Crippen molar-refractivity contribution in [2.24, 2.45) is 5.92 Å². The van der Waals surface area contributed by atoms with Crippen LogP contribution in [0, 0.1) is 5.92 Å². The SMILES string of the molecule is CCCc1cc(NCC2CCC(NC(=O)c3ccc(-c4ccc(CNC(=O)OC(C)(C)C)cc4)cc3)C2)n2nccc2n1. The first-order valence-corrected chi connectivity index (χ1v) is 15.2. The second kappa shape index (κ2) is 13.3. The zero-order chi connectivity index (χ0) is 30.4. The molecule has 226 valence electrons. The Morgan fingerprint density at radius 3 is 2.42 bits per heavy atom. The van der Waals surface area contributed by atoms with E-state index in [-0.39, 0.29) is 11.9 Å². The molecule has 1 saturated carbocycles. The molecule has 0 bridgehead atoms. The highest BCUT2D eigenvalue weighted by Crippen LogP contribution is 2.27. The average molecular weight is 583 g/mol. The van der Waals surface area contributed by atoms with Crippen molar-refractivity contribution >= 4 is 23.5 Å². The van der Waals surface area contributed by atoms with Crippen LogP contribution in [0.1, 0.15) is 75.0 Å². The lowest BCUT2D eigenvalue weighted by Gasteiger charge is -2.19. The summed E-state index contributed by atoms with van der Waals surface area (Å²) in [5.41, 5.74) is 5.12. The van der Waals surface area contributed by atoms with E-state index in [4.69, 9.17) is 4.74 Å². The molecular weight excluding hydrogens is 540 g/mol. The van der Waals surface area contributed by atoms with Crippen molar-refractivity contribution < 1.29 is 14.3 Å². The largest absolute Gasteiger partial charge is 0.444 e. The fourth-order valence-electron chi connectivity index (χ4n) is 5.50. The summed E-state index contributed by atoms with van der Waals surface area (Å²) in [6, 6.07) is 19.9. The lowest BCUT2D eigenvalue weighted by atomic mass is 10.0. The number of hydrogen-bond donors (Lipinski definition) is 3. The number of carbonyl (C=O) groups excluding carboxylic acids is 2. The number of amides is 2. The Hall–Kier alpha value is -4.40. The minimum atomic E-state index is -0.526. The highest BCUT2D eigenvalue weighted by molar-refractivity contribution is 5.94. The third kappa shape index (κ3) is 8.12. The second-order valence-corrected chi connectivity index (χ2v) is 12.3. The summed E-state index contributed by atoms with van der Waals surface area (Å²) in [5, 5.41) is 14.0. The van der Waals surface area contributed by atoms with E-state index in [1.165, 1.54) is 0 Å². The van der Waals surface area contributed by atoms with Crippen LogP contribution < -0.4 is 16.0 Å². The van der Waals surface area contributed by atoms with Crippen LogP contribution in [0.15, 0.2) is 66.9 Å². The van der Waals surface area contributed by atoms with E-state index in [0.717, 1.165) is 72.5 Å². The van der Waals surface area contributed by atoms with Gasteiger partial charge in [0, 0.05) is 42.5 Å². The quantitative estimate of drug-likeness (QED) is 0.200. The molecule has 2 aromatic heterocycles. The summed E-state index contributed by atoms with van der Waals surface area (Å²) in [6.45, 7) is 8.90. The normalized spacial score (nSPS) is 16.7. The van der Waals surface area contributed by atoms with E-state index in [9.17, 15) is 9.59 Å². The number of aryl methyl sites for hydroxylation is 1. The summed E-state index contributed by atoms with van der Waals surface area (Å²) >= 11 is 0. The molecule has 9 heteroatoms. The van der Waals surface area contributed by atoms with Gasteiger partial charge in [0.2, 0.25) is 0 Å². The Balaban J connectivity index is 1.09. The molecule has 2 atom stereocenters. The Kier molecular flexibility index (Phi) is 9.28. The molecular formula is C34H42N6O3. The Labute approximate surface area is 253 Å². The van der Waals surface area contributed by atoms with Gasteiger partial charge in [0.05, 0.1) is 6.20 Å². The molecule has 0 spiro atoms. The van der Waals surface area contributed by atoms with E-state index in [2.05, 4.69) is 39.0 Å². The first-order chi connectivity index (χ1) is 20.7. The van der Waals surface area contributed by atoms with Crippen LogP contribution in [0.25, 0.3) is 16.8 Å². The van der Waals surface area contributed by atoms with E-state index < -0.39 is 11.7 Å². The smallest absolute Gasteiger partial charge is 0.407 e. The summed E-state index contributed by atoms with van der Waals surface area (Å²) < 4.78 is 7.14. The molecule has 9 nitrogen and oxygen atoms in total. The number of aromatic nitrogens is 3. The fraction of sp³-hybridized carbons (Fsp3) is 0.412. The van der Waals surface area contributed by atoms with Crippen LogP contribution in [0.3, 0.4) is 0 Å². The first-order valence-electron chi connectivity index (χ1n) is 15.2. The van der Waals surface area contributed by atoms with Crippen molar-refractivity contribution in [3.63, 3.8) is 0 Å². The van der Waals surface area contributed by atoms with Gasteiger partial charge in [-0.3, -0.25) is 4.79 Å². The second-order valence-electron chi connectivity index (χ2n) is 12.3. The van der Waals surface area contributed by atoms with Crippen LogP contribution in [-0.4, -0.2) is 44.8 Å². The van der Waals surface area contributed by atoms with Crippen molar-refractivity contribution in [1.82, 2.24) is 25.2 Å². The standard InChI is InChI=1S/C34H42N6O3/c1-5-6-28-20-31(40-30(38-28)17-18-37-40)35-22-24-9-16-29(19-24)39-32(41)27-14-12-26(13-15-27)25-10-7-23(8-11-25)21-36-33(42)43-34(2,3)4/h7-8,10-15,17-18,20,24,29,35H,5-6,9,16,19,21-22H2,1-4H3,(H,36,42)(H,39,41). The van der Waals surface area contributed by atoms with Crippen LogP contribution >= 0.6 is 0 Å². The van der Waals surface area contributed by atoms with Gasteiger partial charge in [-0.1, -0.05) is 49.7 Å². The molecule has 3 N–H and O–H groups in total. The number of alkyl carbamates (subject to hydrolysis) is 1. The maximum absolute atomic E-state index is 13.0. The van der Waals surface area contributed by atoms with Crippen molar-refractivity contribution in [3.8, 4) is 11.1 Å². The minimum Gasteiger partial charge on any atom is -0.444 e. The summed E-state index contributed by atoms with van der Waals surface area (Å²) in [7, 11) is 0. The number of nitrogens with zero attached hydrogens (tertiary/aromatic N) is 3. The third-order valence-corrected chi connectivity index (χ3v) is 7.64. The van der Waals surface area contributed by atoms with Gasteiger partial charge in [0.1, 0.15) is 11.4 Å². The van der Waals surface area contributed by atoms with Gasteiger partial charge in [-0.05, 0) is 81.2 Å². The van der Waals surface area contributed by atoms with Crippen LogP contribution in [0.4, 0.5) is 10.6 Å². The minimum absolute atomic E-state index is 0.0367. The monoisotopic (exact) mass is 582 g/mol. The van der Waals surface area contributed by atoms with Crippen molar-refractivity contribution in [2.45, 2.75) is 78.0 Å². The molecule has 0 aliphatic heterocycles. The van der Waals surface area contributed by atoms with Gasteiger partial charge in [-0.25, -0.2) is 9.78 Å². The number of anilines is 1. The third-order valence-electron chi connectivity index (χ3n) is 7.64. The molecule has 2 heterocycles. The number of carbonyl (C=O) groups is 2. The maximum atomic E-state index is 13.0. The van der Waals surface area contributed by atoms with Crippen LogP contribution in [0.5, 0.6) is 0 Å². The molecule has 0 radical (unpaired) electrons. The predicted molar refractivity (Wildman–Crippen MR) is 169 cm³/mol. The molecule has 1 fully saturated rings. The molecule has 0 saturated heterocycles. The highest BCUT2D eigenvalue weighted by atomic mass is 16.6. The van der Waals surface area contributed by atoms with Crippen LogP contribution in [-0.2, 0) is 17.7 Å². The van der Waals surface area contributed by atoms with Crippen molar-refractivity contribution in [2.75, 3.05) is 11.9 Å². The molecule has 4 aromatic rings. The van der Waals surface area contributed by atoms with E-state index in [1.807, 2.05) is 79.9 Å². The molecule has 43 heavy (non-hydrogen) atoms. The van der Waals surface area contributed by atoms with E-state index >= 15 is 0 Å². The van der Waals surface area contributed by atoms with Crippen molar-refractivity contribution in [3.05, 3.63) is 83.7 Å². The molecule has 2 unspecified atom stereocenters. The average Bonchev–Trinajstić information content (AvgIpc) is 3.64. The van der Waals surface area contributed by atoms with Crippen LogP contribution in [0.2, 0.25) is 0 Å². The van der Waals surface area contributed by atoms with Gasteiger partial charge in [0.25, 0.3) is 5.91 Å². The van der Waals surface area contributed by atoms with Gasteiger partial charge in [-0.15, -0.1) is 0 Å². The number of fused-ring (bicyclic) bond motifs is 1. The Bertz CT molecular complexity index is 1540. The fourth-order valence-corrected chi connectivity index (χ4v) is 5.50. The van der Waals surface area contributed by atoms with Crippen molar-refractivity contribution in [1.29, 1.82) is 0 Å². The summed E-state index contributed by atoms with van der Waals surface area (Å²) in [6.07, 6.45) is 6.32. The highest BCUT2D eigenvalue weighted by Gasteiger charge is 2.26. The zero-order valence-electron chi connectivity index (χ0n) is 25.5. The molecule has 1 aliphatic rings. The van der Waals surface area contributed by atoms with Gasteiger partial charge in [0.15, 0.2) is 5.65 Å². The topological polar surface area (TPSA) is 110 Å². The number of benzene rings is 2. The lowest BCUT2D eigenvalue weighted by molar-refractivity contribution is 0.0523. The predicted octanol–water partition coefficient (Wildman–Crippen LogP) is 6.38. The zero-order valence-corrected chi connectivity index (χ0v) is 25.5. The number of nitrogens with one attached hydrogen (secondary N) is 3. The molecule has 2 aromatic carbocycles. The summed E-state index contributed by atoms with van der Waals surface area (Å²) in [4.78, 5) is 29.6. The number of rotatable bonds is 10. The number of hydrogen-bond acceptors (Lipinski definition) is 6. The Morgan fingerprint density at radius 1 is 1.00 bits per heavy atom. The maximum Gasteiger partial charge on any atom is 0.407 e. The molecule has 1 aliphatic carbocycles. The van der Waals surface area contributed by atoms with Gasteiger partial charge < -0.3 is 20.7 Å². The lowest BCUT2D eigenvalue weighted by Crippen LogP contribution is -2.33. The Morgan fingerprint density at radius 2 is 1.72 bits per heavy atom. The van der Waals surface area contributed by atoms with E-state index in [1.54, 1.807) is 6.20 Å². The van der Waals surface area contributed by atoms with Gasteiger partial charge in [-0.2, -0.15) is 9.61 Å². The summed E-state index contributed by atoms with van der Waals surface area (Å²) in [5.74, 6) is 1.41. The number of ether oxygens (including phenoxy) is 1. The molecule has 2 amide bonds. The van der Waals surface area contributed by atoms with Gasteiger partial charge >= 0.3 is 6.09 Å². The molecule has 5 rings (SSSR count). The first kappa shape index (κ1) is 30.1. The van der Waals surface area contributed by atoms with E-state index in [0.29, 0.717) is 18.0 Å².